The number of phenols is 2. The number of aromatic hydroxyl groups is 2. The maximum absolute atomic E-state index is 12.3. The standard InChI is InChI=1S/C13H19N3O3/c14-4-5-15-6-8-16(9-7-15)13(19)12-10(17)2-1-3-11(12)18/h1-3,17-18H,4-9,14H2. The number of piperazine rings is 1. The summed E-state index contributed by atoms with van der Waals surface area (Å²) in [7, 11) is 0. The van der Waals surface area contributed by atoms with Crippen molar-refractivity contribution < 1.29 is 15.0 Å². The number of amides is 1. The fraction of sp³-hybridized carbons (Fsp3) is 0.462. The minimum absolute atomic E-state index is 0.0187. The van der Waals surface area contributed by atoms with E-state index in [1.165, 1.54) is 18.2 Å². The van der Waals surface area contributed by atoms with Gasteiger partial charge in [-0.3, -0.25) is 9.69 Å². The highest BCUT2D eigenvalue weighted by molar-refractivity contribution is 5.99. The normalized spacial score (nSPS) is 16.6. The lowest BCUT2D eigenvalue weighted by Crippen LogP contribution is -2.49. The minimum Gasteiger partial charge on any atom is -0.507 e. The molecule has 0 bridgehead atoms. The smallest absolute Gasteiger partial charge is 0.261 e. The van der Waals surface area contributed by atoms with E-state index >= 15 is 0 Å². The molecule has 0 spiro atoms. The number of phenolic OH excluding ortho intramolecular Hbond substituents is 2. The van der Waals surface area contributed by atoms with Gasteiger partial charge < -0.3 is 20.8 Å². The molecule has 19 heavy (non-hydrogen) atoms. The van der Waals surface area contributed by atoms with Crippen LogP contribution in [0.4, 0.5) is 0 Å². The summed E-state index contributed by atoms with van der Waals surface area (Å²) in [5.41, 5.74) is 5.48. The van der Waals surface area contributed by atoms with E-state index in [4.69, 9.17) is 5.73 Å². The molecule has 0 atom stereocenters. The van der Waals surface area contributed by atoms with Crippen molar-refractivity contribution in [3.8, 4) is 11.5 Å². The van der Waals surface area contributed by atoms with E-state index in [-0.39, 0.29) is 23.0 Å². The van der Waals surface area contributed by atoms with Crippen LogP contribution in [0.15, 0.2) is 18.2 Å². The summed E-state index contributed by atoms with van der Waals surface area (Å²) in [5, 5.41) is 19.4. The van der Waals surface area contributed by atoms with Crippen LogP contribution >= 0.6 is 0 Å². The fourth-order valence-electron chi connectivity index (χ4n) is 2.26. The van der Waals surface area contributed by atoms with Crippen LogP contribution in [0.1, 0.15) is 10.4 Å². The first-order valence-electron chi connectivity index (χ1n) is 6.36. The van der Waals surface area contributed by atoms with Crippen molar-refractivity contribution in [3.05, 3.63) is 23.8 Å². The quantitative estimate of drug-likeness (QED) is 0.705. The minimum atomic E-state index is -0.331. The summed E-state index contributed by atoms with van der Waals surface area (Å²) in [4.78, 5) is 16.1. The highest BCUT2D eigenvalue weighted by Crippen LogP contribution is 2.27. The number of rotatable bonds is 3. The van der Waals surface area contributed by atoms with Crippen LogP contribution < -0.4 is 5.73 Å². The van der Waals surface area contributed by atoms with Crippen molar-refractivity contribution in [2.45, 2.75) is 0 Å². The molecule has 6 nitrogen and oxygen atoms in total. The number of nitrogens with two attached hydrogens (primary N) is 1. The van der Waals surface area contributed by atoms with Crippen molar-refractivity contribution >= 4 is 5.91 Å². The van der Waals surface area contributed by atoms with E-state index in [1.807, 2.05) is 0 Å². The summed E-state index contributed by atoms with van der Waals surface area (Å²) >= 11 is 0. The third-order valence-corrected chi connectivity index (χ3v) is 3.34. The Bertz CT molecular complexity index is 436. The molecule has 0 saturated carbocycles. The van der Waals surface area contributed by atoms with Crippen molar-refractivity contribution in [2.24, 2.45) is 5.73 Å². The SMILES string of the molecule is NCCN1CCN(C(=O)c2c(O)cccc2O)CC1. The van der Waals surface area contributed by atoms with Crippen LogP contribution in [0.25, 0.3) is 0 Å². The number of carbonyl (C=O) groups excluding carboxylic acids is 1. The first-order valence-corrected chi connectivity index (χ1v) is 6.36. The summed E-state index contributed by atoms with van der Waals surface area (Å²) in [6.07, 6.45) is 0. The predicted molar refractivity (Wildman–Crippen MR) is 71.2 cm³/mol. The molecule has 0 aliphatic carbocycles. The molecule has 1 heterocycles. The second kappa shape index (κ2) is 5.90. The molecule has 104 valence electrons. The molecule has 1 saturated heterocycles. The van der Waals surface area contributed by atoms with Gasteiger partial charge in [-0.25, -0.2) is 0 Å². The lowest BCUT2D eigenvalue weighted by molar-refractivity contribution is 0.0635. The van der Waals surface area contributed by atoms with Gasteiger partial charge in [0.25, 0.3) is 5.91 Å². The van der Waals surface area contributed by atoms with Gasteiger partial charge in [-0.2, -0.15) is 0 Å². The summed E-state index contributed by atoms with van der Waals surface area (Å²) in [5.74, 6) is -0.702. The second-order valence-corrected chi connectivity index (χ2v) is 4.59. The van der Waals surface area contributed by atoms with Gasteiger partial charge in [0.1, 0.15) is 17.1 Å². The molecule has 4 N–H and O–H groups in total. The monoisotopic (exact) mass is 265 g/mol. The number of hydrogen-bond acceptors (Lipinski definition) is 5. The molecular formula is C13H19N3O3. The van der Waals surface area contributed by atoms with Gasteiger partial charge in [0.15, 0.2) is 0 Å². The van der Waals surface area contributed by atoms with Gasteiger partial charge in [-0.05, 0) is 12.1 Å². The largest absolute Gasteiger partial charge is 0.507 e. The topological polar surface area (TPSA) is 90.0 Å². The second-order valence-electron chi connectivity index (χ2n) is 4.59. The zero-order chi connectivity index (χ0) is 13.8. The third-order valence-electron chi connectivity index (χ3n) is 3.34. The predicted octanol–water partition coefficient (Wildman–Crippen LogP) is -0.186. The van der Waals surface area contributed by atoms with E-state index in [2.05, 4.69) is 4.90 Å². The maximum atomic E-state index is 12.3. The molecular weight excluding hydrogens is 246 g/mol. The molecule has 2 rings (SSSR count). The Labute approximate surface area is 112 Å². The Balaban J connectivity index is 2.05. The third kappa shape index (κ3) is 2.97. The number of carbonyl (C=O) groups is 1. The molecule has 0 unspecified atom stereocenters. The zero-order valence-electron chi connectivity index (χ0n) is 10.7. The molecule has 1 aliphatic heterocycles. The molecule has 1 aliphatic rings. The molecule has 0 aromatic heterocycles. The van der Waals surface area contributed by atoms with E-state index in [9.17, 15) is 15.0 Å². The van der Waals surface area contributed by atoms with Crippen LogP contribution in [0, 0.1) is 0 Å². The lowest BCUT2D eigenvalue weighted by atomic mass is 10.1. The van der Waals surface area contributed by atoms with Crippen molar-refractivity contribution in [1.29, 1.82) is 0 Å². The van der Waals surface area contributed by atoms with E-state index < -0.39 is 0 Å². The Morgan fingerprint density at radius 1 is 1.16 bits per heavy atom. The summed E-state index contributed by atoms with van der Waals surface area (Å²) in [6, 6.07) is 4.30. The number of hydrogen-bond donors (Lipinski definition) is 3. The van der Waals surface area contributed by atoms with E-state index in [1.54, 1.807) is 4.90 Å². The van der Waals surface area contributed by atoms with Crippen LogP contribution in [-0.2, 0) is 0 Å². The van der Waals surface area contributed by atoms with Gasteiger partial charge in [0, 0.05) is 39.3 Å². The zero-order valence-corrected chi connectivity index (χ0v) is 10.7. The first kappa shape index (κ1) is 13.6. The van der Waals surface area contributed by atoms with Gasteiger partial charge in [0.05, 0.1) is 0 Å². The molecule has 6 heteroatoms. The molecule has 1 fully saturated rings. The van der Waals surface area contributed by atoms with Gasteiger partial charge in [0.2, 0.25) is 0 Å². The summed E-state index contributed by atoms with van der Waals surface area (Å²) in [6.45, 7) is 4.10. The van der Waals surface area contributed by atoms with Gasteiger partial charge in [-0.1, -0.05) is 6.07 Å². The Hall–Kier alpha value is -1.79. The van der Waals surface area contributed by atoms with Crippen LogP contribution in [0.5, 0.6) is 11.5 Å². The van der Waals surface area contributed by atoms with E-state index in [0.29, 0.717) is 19.6 Å². The Kier molecular flexibility index (Phi) is 4.24. The van der Waals surface area contributed by atoms with Gasteiger partial charge in [-0.15, -0.1) is 0 Å². The van der Waals surface area contributed by atoms with Crippen molar-refractivity contribution in [2.75, 3.05) is 39.3 Å². The van der Waals surface area contributed by atoms with Crippen LogP contribution in [0.2, 0.25) is 0 Å². The number of nitrogens with zero attached hydrogens (tertiary/aromatic N) is 2. The van der Waals surface area contributed by atoms with Crippen molar-refractivity contribution in [3.63, 3.8) is 0 Å². The fourth-order valence-corrected chi connectivity index (χ4v) is 2.26. The van der Waals surface area contributed by atoms with Crippen molar-refractivity contribution in [1.82, 2.24) is 9.80 Å². The molecule has 1 amide bonds. The molecule has 1 aromatic rings. The average molecular weight is 265 g/mol. The number of benzene rings is 1. The summed E-state index contributed by atoms with van der Waals surface area (Å²) < 4.78 is 0. The Morgan fingerprint density at radius 3 is 2.26 bits per heavy atom. The molecule has 1 aromatic carbocycles. The van der Waals surface area contributed by atoms with E-state index in [0.717, 1.165) is 19.6 Å². The highest BCUT2D eigenvalue weighted by atomic mass is 16.3. The van der Waals surface area contributed by atoms with Crippen LogP contribution in [-0.4, -0.2) is 65.2 Å². The lowest BCUT2D eigenvalue weighted by Gasteiger charge is -2.34. The Morgan fingerprint density at radius 2 is 1.74 bits per heavy atom. The molecule has 0 radical (unpaired) electrons. The van der Waals surface area contributed by atoms with Gasteiger partial charge >= 0.3 is 0 Å². The first-order chi connectivity index (χ1) is 9.13. The van der Waals surface area contributed by atoms with Crippen LogP contribution in [0.3, 0.4) is 0 Å². The maximum Gasteiger partial charge on any atom is 0.261 e. The highest BCUT2D eigenvalue weighted by Gasteiger charge is 2.25. The average Bonchev–Trinajstić information content (AvgIpc) is 2.39.